The van der Waals surface area contributed by atoms with Gasteiger partial charge in [0.15, 0.2) is 0 Å². The molecule has 116 valence electrons. The first-order valence-corrected chi connectivity index (χ1v) is 7.95. The Balaban J connectivity index is 1.97. The van der Waals surface area contributed by atoms with Gasteiger partial charge in [0.25, 0.3) is 0 Å². The number of hydrogen-bond acceptors (Lipinski definition) is 1. The summed E-state index contributed by atoms with van der Waals surface area (Å²) < 4.78 is 0. The molecule has 0 aliphatic rings. The van der Waals surface area contributed by atoms with Gasteiger partial charge in [-0.15, -0.1) is 0 Å². The monoisotopic (exact) mass is 335 g/mol. The molecule has 1 amide bonds. The number of anilines is 1. The molecule has 2 aromatic rings. The molecule has 0 fully saturated rings. The molecular weight excluding hydrogens is 317 g/mol. The number of rotatable bonds is 5. The summed E-state index contributed by atoms with van der Waals surface area (Å²) in [7, 11) is 0. The van der Waals surface area contributed by atoms with Gasteiger partial charge in [0.1, 0.15) is 0 Å². The van der Waals surface area contributed by atoms with E-state index in [-0.39, 0.29) is 11.3 Å². The number of nitrogens with one attached hydrogen (secondary N) is 1. The van der Waals surface area contributed by atoms with E-state index < -0.39 is 0 Å². The Bertz CT molecular complexity index is 653. The number of amides is 1. The molecule has 0 bridgehead atoms. The minimum atomic E-state index is -0.0619. The molecule has 1 N–H and O–H groups in total. The van der Waals surface area contributed by atoms with E-state index in [1.54, 1.807) is 18.2 Å². The van der Waals surface area contributed by atoms with Gasteiger partial charge in [0.05, 0.1) is 15.7 Å². The molecule has 22 heavy (non-hydrogen) atoms. The van der Waals surface area contributed by atoms with Gasteiger partial charge < -0.3 is 5.32 Å². The van der Waals surface area contributed by atoms with Gasteiger partial charge >= 0.3 is 0 Å². The van der Waals surface area contributed by atoms with Gasteiger partial charge in [0, 0.05) is 6.42 Å². The summed E-state index contributed by atoms with van der Waals surface area (Å²) in [6.07, 6.45) is 1.17. The van der Waals surface area contributed by atoms with Crippen molar-refractivity contribution in [3.05, 3.63) is 64.1 Å². The highest BCUT2D eigenvalue weighted by atomic mass is 35.5. The van der Waals surface area contributed by atoms with Gasteiger partial charge in [-0.1, -0.05) is 73.4 Å². The van der Waals surface area contributed by atoms with Crippen LogP contribution in [0, 0.1) is 0 Å². The highest BCUT2D eigenvalue weighted by Gasteiger charge is 2.21. The maximum absolute atomic E-state index is 12.1. The summed E-state index contributed by atoms with van der Waals surface area (Å²) in [6, 6.07) is 15.4. The van der Waals surface area contributed by atoms with Crippen molar-refractivity contribution in [1.29, 1.82) is 0 Å². The van der Waals surface area contributed by atoms with Crippen LogP contribution in [0.25, 0.3) is 0 Å². The third-order valence-corrected chi connectivity index (χ3v) is 4.58. The number of benzene rings is 2. The first kappa shape index (κ1) is 16.9. The van der Waals surface area contributed by atoms with Gasteiger partial charge in [-0.2, -0.15) is 0 Å². The fraction of sp³-hybridized carbons (Fsp3) is 0.278. The average Bonchev–Trinajstić information content (AvgIpc) is 2.51. The van der Waals surface area contributed by atoms with Gasteiger partial charge in [-0.3, -0.25) is 4.79 Å². The lowest BCUT2D eigenvalue weighted by atomic mass is 9.80. The third kappa shape index (κ3) is 4.25. The van der Waals surface area contributed by atoms with Crippen LogP contribution < -0.4 is 5.32 Å². The first-order chi connectivity index (χ1) is 10.4. The Morgan fingerprint density at radius 2 is 1.73 bits per heavy atom. The molecule has 0 aliphatic carbocycles. The van der Waals surface area contributed by atoms with E-state index >= 15 is 0 Å². The first-order valence-electron chi connectivity index (χ1n) is 7.19. The SMILES string of the molecule is CC(C)(CCC(=O)Nc1cccc(Cl)c1Cl)c1ccccc1. The number of halogens is 2. The van der Waals surface area contributed by atoms with Crippen molar-refractivity contribution < 1.29 is 4.79 Å². The molecule has 0 heterocycles. The molecule has 2 aromatic carbocycles. The fourth-order valence-corrected chi connectivity index (χ4v) is 2.62. The van der Waals surface area contributed by atoms with Crippen LogP contribution in [-0.2, 0) is 10.2 Å². The van der Waals surface area contributed by atoms with Crippen LogP contribution in [-0.4, -0.2) is 5.91 Å². The lowest BCUT2D eigenvalue weighted by Gasteiger charge is -2.25. The van der Waals surface area contributed by atoms with Crippen molar-refractivity contribution in [2.24, 2.45) is 0 Å². The molecule has 0 saturated heterocycles. The number of hydrogen-bond donors (Lipinski definition) is 1. The van der Waals surface area contributed by atoms with E-state index in [1.165, 1.54) is 5.56 Å². The predicted octanol–water partition coefficient (Wildman–Crippen LogP) is 5.69. The molecule has 0 unspecified atom stereocenters. The van der Waals surface area contributed by atoms with Crippen LogP contribution in [0.1, 0.15) is 32.3 Å². The van der Waals surface area contributed by atoms with E-state index in [0.29, 0.717) is 22.2 Å². The normalized spacial score (nSPS) is 11.3. The van der Waals surface area contributed by atoms with Crippen molar-refractivity contribution in [1.82, 2.24) is 0 Å². The lowest BCUT2D eigenvalue weighted by Crippen LogP contribution is -2.21. The van der Waals surface area contributed by atoms with Crippen LogP contribution in [0.15, 0.2) is 48.5 Å². The highest BCUT2D eigenvalue weighted by molar-refractivity contribution is 6.43. The van der Waals surface area contributed by atoms with Gasteiger partial charge in [-0.05, 0) is 29.5 Å². The Hall–Kier alpha value is -1.51. The summed E-state index contributed by atoms with van der Waals surface area (Å²) in [5, 5.41) is 3.63. The predicted molar refractivity (Wildman–Crippen MR) is 93.8 cm³/mol. The summed E-state index contributed by atoms with van der Waals surface area (Å²) >= 11 is 12.0. The van der Waals surface area contributed by atoms with Crippen LogP contribution in [0.2, 0.25) is 10.0 Å². The quantitative estimate of drug-likeness (QED) is 0.747. The minimum absolute atomic E-state index is 0.0588. The summed E-state index contributed by atoms with van der Waals surface area (Å²) in [5.41, 5.74) is 1.72. The Morgan fingerprint density at radius 1 is 1.05 bits per heavy atom. The van der Waals surface area contributed by atoms with E-state index in [2.05, 4.69) is 31.3 Å². The van der Waals surface area contributed by atoms with Crippen LogP contribution in [0.5, 0.6) is 0 Å². The van der Waals surface area contributed by atoms with Crippen LogP contribution in [0.3, 0.4) is 0 Å². The van der Waals surface area contributed by atoms with Crippen molar-refractivity contribution >= 4 is 34.8 Å². The van der Waals surface area contributed by atoms with Gasteiger partial charge in [-0.25, -0.2) is 0 Å². The van der Waals surface area contributed by atoms with Crippen molar-refractivity contribution in [3.63, 3.8) is 0 Å². The maximum atomic E-state index is 12.1. The molecule has 0 atom stereocenters. The third-order valence-electron chi connectivity index (χ3n) is 3.76. The van der Waals surface area contributed by atoms with E-state index in [9.17, 15) is 4.79 Å². The van der Waals surface area contributed by atoms with Crippen molar-refractivity contribution in [3.8, 4) is 0 Å². The molecule has 4 heteroatoms. The second-order valence-corrected chi connectivity index (χ2v) is 6.68. The van der Waals surface area contributed by atoms with E-state index in [1.807, 2.05) is 18.2 Å². The van der Waals surface area contributed by atoms with Crippen LogP contribution >= 0.6 is 23.2 Å². The minimum Gasteiger partial charge on any atom is -0.325 e. The second kappa shape index (κ2) is 7.17. The summed E-state index contributed by atoms with van der Waals surface area (Å²) in [6.45, 7) is 4.28. The Morgan fingerprint density at radius 3 is 2.41 bits per heavy atom. The number of carbonyl (C=O) groups is 1. The summed E-state index contributed by atoms with van der Waals surface area (Å²) in [4.78, 5) is 12.1. The zero-order valence-corrected chi connectivity index (χ0v) is 14.2. The molecule has 0 aromatic heterocycles. The second-order valence-electron chi connectivity index (χ2n) is 5.90. The van der Waals surface area contributed by atoms with Crippen LogP contribution in [0.4, 0.5) is 5.69 Å². The van der Waals surface area contributed by atoms with Crippen molar-refractivity contribution in [2.45, 2.75) is 32.1 Å². The Kier molecular flexibility index (Phi) is 5.49. The van der Waals surface area contributed by atoms with E-state index in [0.717, 1.165) is 6.42 Å². The zero-order valence-electron chi connectivity index (χ0n) is 12.7. The molecule has 0 radical (unpaired) electrons. The smallest absolute Gasteiger partial charge is 0.224 e. The molecule has 0 spiro atoms. The Labute approximate surface area is 141 Å². The van der Waals surface area contributed by atoms with Gasteiger partial charge in [0.2, 0.25) is 5.91 Å². The number of carbonyl (C=O) groups excluding carboxylic acids is 1. The lowest BCUT2D eigenvalue weighted by molar-refractivity contribution is -0.116. The topological polar surface area (TPSA) is 29.1 Å². The van der Waals surface area contributed by atoms with E-state index in [4.69, 9.17) is 23.2 Å². The zero-order chi connectivity index (χ0) is 16.2. The average molecular weight is 336 g/mol. The maximum Gasteiger partial charge on any atom is 0.224 e. The highest BCUT2D eigenvalue weighted by Crippen LogP contribution is 2.31. The fourth-order valence-electron chi connectivity index (χ4n) is 2.27. The largest absolute Gasteiger partial charge is 0.325 e. The molecule has 0 saturated carbocycles. The molecule has 2 rings (SSSR count). The standard InChI is InChI=1S/C18H19Cl2NO/c1-18(2,13-7-4-3-5-8-13)12-11-16(22)21-15-10-6-9-14(19)17(15)20/h3-10H,11-12H2,1-2H3,(H,21,22). The molecule has 2 nitrogen and oxygen atoms in total. The molecular formula is C18H19Cl2NO. The molecule has 0 aliphatic heterocycles. The van der Waals surface area contributed by atoms with Crippen molar-refractivity contribution in [2.75, 3.05) is 5.32 Å². The summed E-state index contributed by atoms with van der Waals surface area (Å²) in [5.74, 6) is -0.0619.